The van der Waals surface area contributed by atoms with Gasteiger partial charge in [0.25, 0.3) is 0 Å². The molecule has 0 unspecified atom stereocenters. The Labute approximate surface area is 107 Å². The van der Waals surface area contributed by atoms with Gasteiger partial charge in [0.2, 0.25) is 0 Å². The summed E-state index contributed by atoms with van der Waals surface area (Å²) in [6, 6.07) is 0. The van der Waals surface area contributed by atoms with E-state index in [0.29, 0.717) is 0 Å². The fourth-order valence-electron chi connectivity index (χ4n) is 1.83. The van der Waals surface area contributed by atoms with E-state index in [-0.39, 0.29) is 19.4 Å². The maximum Gasteiger partial charge on any atom is 0.408 e. The van der Waals surface area contributed by atoms with Gasteiger partial charge in [-0.2, -0.15) is 0 Å². The van der Waals surface area contributed by atoms with Crippen LogP contribution in [0.3, 0.4) is 0 Å². The summed E-state index contributed by atoms with van der Waals surface area (Å²) in [4.78, 5) is 23.5. The predicted octanol–water partition coefficient (Wildman–Crippen LogP) is 0.968. The third kappa shape index (κ3) is 3.60. The average Bonchev–Trinajstić information content (AvgIpc) is 2.11. The Kier molecular flexibility index (Phi) is 4.21. The van der Waals surface area contributed by atoms with Crippen molar-refractivity contribution in [2.24, 2.45) is 0 Å². The van der Waals surface area contributed by atoms with E-state index in [4.69, 9.17) is 9.47 Å². The number of esters is 1. The first-order chi connectivity index (χ1) is 8.18. The molecule has 0 atom stereocenters. The fraction of sp³-hybridized carbons (Fsp3) is 0.833. The normalized spacial score (nSPS) is 27.1. The van der Waals surface area contributed by atoms with Crippen molar-refractivity contribution in [1.82, 2.24) is 5.32 Å². The van der Waals surface area contributed by atoms with Gasteiger partial charge >= 0.3 is 12.1 Å². The Morgan fingerprint density at radius 3 is 2.33 bits per heavy atom. The number of aliphatic hydroxyl groups is 1. The van der Waals surface area contributed by atoms with Crippen molar-refractivity contribution in [1.29, 1.82) is 0 Å². The number of aliphatic hydroxyl groups excluding tert-OH is 1. The van der Waals surface area contributed by atoms with Gasteiger partial charge in [-0.1, -0.05) is 0 Å². The van der Waals surface area contributed by atoms with Crippen LogP contribution in [0.1, 0.15) is 40.5 Å². The van der Waals surface area contributed by atoms with Gasteiger partial charge in [-0.15, -0.1) is 0 Å². The lowest BCUT2D eigenvalue weighted by atomic mass is 9.74. The molecule has 0 aromatic heterocycles. The highest BCUT2D eigenvalue weighted by Crippen LogP contribution is 2.34. The third-order valence-corrected chi connectivity index (χ3v) is 2.57. The molecular formula is C12H21NO5. The molecular weight excluding hydrogens is 238 g/mol. The highest BCUT2D eigenvalue weighted by molar-refractivity contribution is 5.87. The molecule has 0 spiro atoms. The lowest BCUT2D eigenvalue weighted by Gasteiger charge is -2.43. The molecule has 104 valence electrons. The molecule has 1 rings (SSSR count). The maximum absolute atomic E-state index is 11.8. The number of ether oxygens (including phenoxy) is 2. The first-order valence-electron chi connectivity index (χ1n) is 6.05. The summed E-state index contributed by atoms with van der Waals surface area (Å²) in [7, 11) is 0. The second-order valence-electron chi connectivity index (χ2n) is 5.49. The maximum atomic E-state index is 11.8. The minimum atomic E-state index is -1.14. The van der Waals surface area contributed by atoms with E-state index in [0.717, 1.165) is 0 Å². The van der Waals surface area contributed by atoms with E-state index in [9.17, 15) is 14.7 Å². The van der Waals surface area contributed by atoms with E-state index in [2.05, 4.69) is 5.32 Å². The van der Waals surface area contributed by atoms with Crippen molar-refractivity contribution >= 4 is 12.1 Å². The van der Waals surface area contributed by atoms with Gasteiger partial charge in [0, 0.05) is 12.8 Å². The van der Waals surface area contributed by atoms with Crippen molar-refractivity contribution in [2.45, 2.75) is 57.8 Å². The molecule has 0 aliphatic heterocycles. The lowest BCUT2D eigenvalue weighted by molar-refractivity contribution is -0.160. The van der Waals surface area contributed by atoms with E-state index in [1.54, 1.807) is 27.7 Å². The van der Waals surface area contributed by atoms with Crippen LogP contribution in [-0.2, 0) is 14.3 Å². The SMILES string of the molecule is CCOC(=O)[C@]1(NC(=O)OC(C)(C)C)C[C@@H](O)C1. The summed E-state index contributed by atoms with van der Waals surface area (Å²) in [5, 5.41) is 11.9. The van der Waals surface area contributed by atoms with Crippen molar-refractivity contribution in [3.63, 3.8) is 0 Å². The number of carbonyl (C=O) groups excluding carboxylic acids is 2. The molecule has 0 aromatic rings. The molecule has 6 heteroatoms. The van der Waals surface area contributed by atoms with Crippen LogP contribution in [-0.4, -0.2) is 41.0 Å². The first-order valence-corrected chi connectivity index (χ1v) is 6.05. The van der Waals surface area contributed by atoms with Gasteiger partial charge in [-0.3, -0.25) is 0 Å². The van der Waals surface area contributed by atoms with Crippen LogP contribution in [0, 0.1) is 0 Å². The number of nitrogens with one attached hydrogen (secondary N) is 1. The molecule has 1 fully saturated rings. The molecule has 18 heavy (non-hydrogen) atoms. The molecule has 6 nitrogen and oxygen atoms in total. The number of rotatable bonds is 3. The van der Waals surface area contributed by atoms with Crippen molar-refractivity contribution in [2.75, 3.05) is 6.61 Å². The molecule has 0 aromatic carbocycles. The lowest BCUT2D eigenvalue weighted by Crippen LogP contribution is -2.65. The monoisotopic (exact) mass is 259 g/mol. The molecule has 1 amide bonds. The molecule has 0 bridgehead atoms. The molecule has 1 aliphatic carbocycles. The Morgan fingerprint density at radius 1 is 1.39 bits per heavy atom. The first kappa shape index (κ1) is 14.8. The zero-order chi connectivity index (χ0) is 14.0. The van der Waals surface area contributed by atoms with E-state index >= 15 is 0 Å². The smallest absolute Gasteiger partial charge is 0.408 e. The van der Waals surface area contributed by atoms with Gasteiger partial charge in [0.15, 0.2) is 0 Å². The zero-order valence-electron chi connectivity index (χ0n) is 11.3. The van der Waals surface area contributed by atoms with Crippen molar-refractivity contribution in [3.8, 4) is 0 Å². The second-order valence-corrected chi connectivity index (χ2v) is 5.49. The van der Waals surface area contributed by atoms with E-state index in [1.165, 1.54) is 0 Å². The van der Waals surface area contributed by atoms with Crippen LogP contribution in [0.25, 0.3) is 0 Å². The highest BCUT2D eigenvalue weighted by atomic mass is 16.6. The standard InChI is InChI=1S/C12H21NO5/c1-5-17-9(15)12(6-8(14)7-12)13-10(16)18-11(2,3)4/h8,14H,5-7H2,1-4H3,(H,13,16)/t8-,12+. The largest absolute Gasteiger partial charge is 0.464 e. The Bertz CT molecular complexity index is 328. The quantitative estimate of drug-likeness (QED) is 0.738. The topological polar surface area (TPSA) is 84.9 Å². The average molecular weight is 259 g/mol. The summed E-state index contributed by atoms with van der Waals surface area (Å²) in [6.07, 6.45) is -0.956. The number of amides is 1. The van der Waals surface area contributed by atoms with Crippen LogP contribution in [0.4, 0.5) is 4.79 Å². The highest BCUT2D eigenvalue weighted by Gasteiger charge is 2.52. The number of hydrogen-bond donors (Lipinski definition) is 2. The molecule has 2 N–H and O–H groups in total. The van der Waals surface area contributed by atoms with E-state index < -0.39 is 29.3 Å². The molecule has 0 saturated heterocycles. The summed E-state index contributed by atoms with van der Waals surface area (Å²) in [6.45, 7) is 7.12. The van der Waals surface area contributed by atoms with Crippen LogP contribution < -0.4 is 5.32 Å². The summed E-state index contributed by atoms with van der Waals surface area (Å²) in [5.74, 6) is -0.527. The van der Waals surface area contributed by atoms with E-state index in [1.807, 2.05) is 0 Å². The van der Waals surface area contributed by atoms with Crippen molar-refractivity contribution < 1.29 is 24.2 Å². The van der Waals surface area contributed by atoms with Gasteiger partial charge in [-0.05, 0) is 27.7 Å². The number of carbonyl (C=O) groups is 2. The Hall–Kier alpha value is -1.30. The van der Waals surface area contributed by atoms with Gasteiger partial charge in [-0.25, -0.2) is 9.59 Å². The number of hydrogen-bond acceptors (Lipinski definition) is 5. The Balaban J connectivity index is 2.64. The van der Waals surface area contributed by atoms with Crippen LogP contribution in [0.5, 0.6) is 0 Å². The van der Waals surface area contributed by atoms with Crippen LogP contribution in [0.15, 0.2) is 0 Å². The summed E-state index contributed by atoms with van der Waals surface area (Å²) >= 11 is 0. The Morgan fingerprint density at radius 2 is 1.94 bits per heavy atom. The van der Waals surface area contributed by atoms with Gasteiger partial charge < -0.3 is 19.9 Å². The third-order valence-electron chi connectivity index (χ3n) is 2.57. The molecule has 0 radical (unpaired) electrons. The minimum Gasteiger partial charge on any atom is -0.464 e. The predicted molar refractivity (Wildman–Crippen MR) is 64.0 cm³/mol. The second kappa shape index (κ2) is 5.14. The van der Waals surface area contributed by atoms with Crippen LogP contribution in [0.2, 0.25) is 0 Å². The van der Waals surface area contributed by atoms with Gasteiger partial charge in [0.05, 0.1) is 12.7 Å². The summed E-state index contributed by atoms with van der Waals surface area (Å²) in [5.41, 5.74) is -1.78. The molecule has 1 aliphatic rings. The fourth-order valence-corrected chi connectivity index (χ4v) is 1.83. The van der Waals surface area contributed by atoms with Crippen molar-refractivity contribution in [3.05, 3.63) is 0 Å². The van der Waals surface area contributed by atoms with Gasteiger partial charge in [0.1, 0.15) is 11.1 Å². The van der Waals surface area contributed by atoms with Crippen LogP contribution >= 0.6 is 0 Å². The summed E-state index contributed by atoms with van der Waals surface area (Å²) < 4.78 is 10.0. The molecule has 0 heterocycles. The number of alkyl carbamates (subject to hydrolysis) is 1. The molecule has 1 saturated carbocycles. The minimum absolute atomic E-state index is 0.158. The zero-order valence-corrected chi connectivity index (χ0v) is 11.3.